The third kappa shape index (κ3) is 2.49. The maximum atomic E-state index is 4.73. The fourth-order valence-corrected chi connectivity index (χ4v) is 2.47. The van der Waals surface area contributed by atoms with Crippen molar-refractivity contribution >= 4 is 0 Å². The number of hydrogen-bond donors (Lipinski definition) is 1. The van der Waals surface area contributed by atoms with E-state index in [1.807, 2.05) is 18.2 Å². The van der Waals surface area contributed by atoms with Crippen LogP contribution in [0.1, 0.15) is 30.3 Å². The van der Waals surface area contributed by atoms with Crippen molar-refractivity contribution < 1.29 is 0 Å². The SMILES string of the molecule is CCCc1nc(-c2ccccn2)nc2c1CNCC2. The molecule has 0 bridgehead atoms. The Labute approximate surface area is 113 Å². The first-order chi connectivity index (χ1) is 9.38. The fourth-order valence-electron chi connectivity index (χ4n) is 2.47. The molecule has 0 aromatic carbocycles. The summed E-state index contributed by atoms with van der Waals surface area (Å²) < 4.78 is 0. The average molecular weight is 254 g/mol. The minimum Gasteiger partial charge on any atom is -0.312 e. The highest BCUT2D eigenvalue weighted by atomic mass is 15.0. The number of nitrogens with one attached hydrogen (secondary N) is 1. The molecular weight excluding hydrogens is 236 g/mol. The van der Waals surface area contributed by atoms with Crippen LogP contribution >= 0.6 is 0 Å². The lowest BCUT2D eigenvalue weighted by Crippen LogP contribution is -2.26. The summed E-state index contributed by atoms with van der Waals surface area (Å²) >= 11 is 0. The van der Waals surface area contributed by atoms with Crippen LogP contribution in [0.2, 0.25) is 0 Å². The number of rotatable bonds is 3. The molecule has 0 saturated heterocycles. The minimum absolute atomic E-state index is 0.768. The molecule has 3 rings (SSSR count). The lowest BCUT2D eigenvalue weighted by molar-refractivity contribution is 0.615. The smallest absolute Gasteiger partial charge is 0.178 e. The van der Waals surface area contributed by atoms with Crippen LogP contribution < -0.4 is 5.32 Å². The number of fused-ring (bicyclic) bond motifs is 1. The molecule has 3 heterocycles. The van der Waals surface area contributed by atoms with E-state index in [1.165, 1.54) is 17.0 Å². The molecule has 19 heavy (non-hydrogen) atoms. The number of hydrogen-bond acceptors (Lipinski definition) is 4. The summed E-state index contributed by atoms with van der Waals surface area (Å²) in [6.07, 6.45) is 4.88. The molecule has 0 unspecified atom stereocenters. The first-order valence-electron chi connectivity index (χ1n) is 6.89. The number of pyridine rings is 1. The van der Waals surface area contributed by atoms with E-state index in [0.29, 0.717) is 0 Å². The van der Waals surface area contributed by atoms with Crippen LogP contribution in [-0.2, 0) is 19.4 Å². The van der Waals surface area contributed by atoms with Gasteiger partial charge in [0.05, 0.1) is 5.69 Å². The van der Waals surface area contributed by atoms with Gasteiger partial charge in [0.2, 0.25) is 0 Å². The maximum absolute atomic E-state index is 4.73. The van der Waals surface area contributed by atoms with Crippen molar-refractivity contribution in [2.45, 2.75) is 32.7 Å². The van der Waals surface area contributed by atoms with E-state index >= 15 is 0 Å². The van der Waals surface area contributed by atoms with Crippen LogP contribution in [0.3, 0.4) is 0 Å². The first kappa shape index (κ1) is 12.2. The van der Waals surface area contributed by atoms with Crippen molar-refractivity contribution in [3.63, 3.8) is 0 Å². The molecule has 0 amide bonds. The molecule has 0 atom stereocenters. The normalized spacial score (nSPS) is 14.2. The molecule has 2 aromatic rings. The predicted octanol–water partition coefficient (Wildman–Crippen LogP) is 2.14. The Hall–Kier alpha value is -1.81. The highest BCUT2D eigenvalue weighted by Gasteiger charge is 2.17. The van der Waals surface area contributed by atoms with Gasteiger partial charge in [-0.15, -0.1) is 0 Å². The summed E-state index contributed by atoms with van der Waals surface area (Å²) in [7, 11) is 0. The van der Waals surface area contributed by atoms with Gasteiger partial charge in [0.25, 0.3) is 0 Å². The number of nitrogens with zero attached hydrogens (tertiary/aromatic N) is 3. The van der Waals surface area contributed by atoms with Gasteiger partial charge in [-0.2, -0.15) is 0 Å². The van der Waals surface area contributed by atoms with Crippen molar-refractivity contribution in [2.75, 3.05) is 6.54 Å². The van der Waals surface area contributed by atoms with Gasteiger partial charge in [0, 0.05) is 37.0 Å². The van der Waals surface area contributed by atoms with E-state index in [9.17, 15) is 0 Å². The zero-order valence-electron chi connectivity index (χ0n) is 11.2. The van der Waals surface area contributed by atoms with Crippen LogP contribution in [0, 0.1) is 0 Å². The van der Waals surface area contributed by atoms with E-state index in [1.54, 1.807) is 6.20 Å². The molecule has 1 N–H and O–H groups in total. The molecule has 0 radical (unpaired) electrons. The van der Waals surface area contributed by atoms with E-state index in [-0.39, 0.29) is 0 Å². The highest BCUT2D eigenvalue weighted by molar-refractivity contribution is 5.50. The Morgan fingerprint density at radius 2 is 2.21 bits per heavy atom. The van der Waals surface area contributed by atoms with Gasteiger partial charge in [-0.3, -0.25) is 4.98 Å². The van der Waals surface area contributed by atoms with E-state index in [0.717, 1.165) is 43.9 Å². The monoisotopic (exact) mass is 254 g/mol. The largest absolute Gasteiger partial charge is 0.312 e. The molecule has 0 aliphatic carbocycles. The van der Waals surface area contributed by atoms with Crippen molar-refractivity contribution in [3.8, 4) is 11.5 Å². The zero-order chi connectivity index (χ0) is 13.1. The molecule has 0 fully saturated rings. The van der Waals surface area contributed by atoms with E-state index < -0.39 is 0 Å². The highest BCUT2D eigenvalue weighted by Crippen LogP contribution is 2.21. The third-order valence-corrected chi connectivity index (χ3v) is 3.40. The topological polar surface area (TPSA) is 50.7 Å². The quantitative estimate of drug-likeness (QED) is 0.911. The van der Waals surface area contributed by atoms with Gasteiger partial charge >= 0.3 is 0 Å². The number of aromatic nitrogens is 3. The number of aryl methyl sites for hydroxylation is 1. The van der Waals surface area contributed by atoms with Crippen molar-refractivity contribution in [1.29, 1.82) is 0 Å². The van der Waals surface area contributed by atoms with Gasteiger partial charge in [-0.05, 0) is 18.6 Å². The Kier molecular flexibility index (Phi) is 3.51. The molecule has 4 nitrogen and oxygen atoms in total. The van der Waals surface area contributed by atoms with Crippen LogP contribution in [0.4, 0.5) is 0 Å². The molecule has 2 aromatic heterocycles. The molecular formula is C15H18N4. The van der Waals surface area contributed by atoms with Crippen LogP contribution in [0.15, 0.2) is 24.4 Å². The molecule has 0 saturated carbocycles. The van der Waals surface area contributed by atoms with Gasteiger partial charge < -0.3 is 5.32 Å². The van der Waals surface area contributed by atoms with Crippen LogP contribution in [0.25, 0.3) is 11.5 Å². The average Bonchev–Trinajstić information content (AvgIpc) is 2.48. The van der Waals surface area contributed by atoms with Crippen molar-refractivity contribution in [2.24, 2.45) is 0 Å². The summed E-state index contributed by atoms with van der Waals surface area (Å²) in [5.41, 5.74) is 4.53. The minimum atomic E-state index is 0.768. The van der Waals surface area contributed by atoms with Gasteiger partial charge in [-0.25, -0.2) is 9.97 Å². The second-order valence-electron chi connectivity index (χ2n) is 4.81. The van der Waals surface area contributed by atoms with Gasteiger partial charge in [-0.1, -0.05) is 19.4 Å². The Balaban J connectivity index is 2.09. The molecule has 4 heteroatoms. The second kappa shape index (κ2) is 5.45. The fraction of sp³-hybridized carbons (Fsp3) is 0.400. The van der Waals surface area contributed by atoms with Crippen molar-refractivity contribution in [1.82, 2.24) is 20.3 Å². The third-order valence-electron chi connectivity index (χ3n) is 3.40. The second-order valence-corrected chi connectivity index (χ2v) is 4.81. The van der Waals surface area contributed by atoms with Crippen LogP contribution in [0.5, 0.6) is 0 Å². The van der Waals surface area contributed by atoms with Gasteiger partial charge in [0.15, 0.2) is 5.82 Å². The molecule has 1 aliphatic heterocycles. The summed E-state index contributed by atoms with van der Waals surface area (Å²) in [6, 6.07) is 5.86. The van der Waals surface area contributed by atoms with E-state index in [2.05, 4.69) is 17.2 Å². The Morgan fingerprint density at radius 3 is 3.00 bits per heavy atom. The van der Waals surface area contributed by atoms with E-state index in [4.69, 9.17) is 9.97 Å². The molecule has 98 valence electrons. The zero-order valence-corrected chi connectivity index (χ0v) is 11.2. The Morgan fingerprint density at radius 1 is 1.26 bits per heavy atom. The maximum Gasteiger partial charge on any atom is 0.178 e. The molecule has 0 spiro atoms. The molecule has 1 aliphatic rings. The summed E-state index contributed by atoms with van der Waals surface area (Å²) in [4.78, 5) is 13.8. The van der Waals surface area contributed by atoms with Crippen LogP contribution in [-0.4, -0.2) is 21.5 Å². The summed E-state index contributed by atoms with van der Waals surface area (Å²) in [5.74, 6) is 0.768. The Bertz CT molecular complexity index is 566. The summed E-state index contributed by atoms with van der Waals surface area (Å²) in [5, 5.41) is 3.40. The predicted molar refractivity (Wildman–Crippen MR) is 74.7 cm³/mol. The van der Waals surface area contributed by atoms with Crippen molar-refractivity contribution in [3.05, 3.63) is 41.3 Å². The van der Waals surface area contributed by atoms with Gasteiger partial charge in [0.1, 0.15) is 5.69 Å². The lowest BCUT2D eigenvalue weighted by Gasteiger charge is -2.19. The lowest BCUT2D eigenvalue weighted by atomic mass is 10.0. The first-order valence-corrected chi connectivity index (χ1v) is 6.89. The standard InChI is InChI=1S/C15H18N4/c1-2-5-12-11-10-16-9-7-13(11)19-15(18-12)14-6-3-4-8-17-14/h3-4,6,8,16H,2,5,7,9-10H2,1H3. The summed E-state index contributed by atoms with van der Waals surface area (Å²) in [6.45, 7) is 4.08.